The monoisotopic (exact) mass is 377 g/mol. The van der Waals surface area contributed by atoms with Crippen LogP contribution in [0.25, 0.3) is 0 Å². The normalized spacial score (nSPS) is 17.0. The van der Waals surface area contributed by atoms with Crippen molar-refractivity contribution in [2.75, 3.05) is 30.1 Å². The third-order valence-electron chi connectivity index (χ3n) is 3.95. The van der Waals surface area contributed by atoms with Crippen molar-refractivity contribution in [2.24, 2.45) is 5.92 Å². The zero-order chi connectivity index (χ0) is 17.8. The number of hydrogen-bond acceptors (Lipinski definition) is 6. The van der Waals surface area contributed by atoms with Gasteiger partial charge in [0.25, 0.3) is 0 Å². The quantitative estimate of drug-likeness (QED) is 0.838. The minimum Gasteiger partial charge on any atom is -0.497 e. The zero-order valence-corrected chi connectivity index (χ0v) is 15.7. The van der Waals surface area contributed by atoms with E-state index < -0.39 is 0 Å². The number of thiazole rings is 1. The Kier molecular flexibility index (Phi) is 5.60. The summed E-state index contributed by atoms with van der Waals surface area (Å²) >= 11 is 3.09. The maximum absolute atomic E-state index is 12.5. The van der Waals surface area contributed by atoms with Crippen molar-refractivity contribution in [1.29, 1.82) is 0 Å². The van der Waals surface area contributed by atoms with Crippen molar-refractivity contribution in [3.05, 3.63) is 35.3 Å². The number of carbonyl (C=O) groups excluding carboxylic acids is 2. The first-order valence-corrected chi connectivity index (χ1v) is 10.1. The Labute approximate surface area is 154 Å². The predicted octanol–water partition coefficient (Wildman–Crippen LogP) is 3.01. The van der Waals surface area contributed by atoms with Gasteiger partial charge in [0.2, 0.25) is 11.8 Å². The number of benzene rings is 1. The van der Waals surface area contributed by atoms with Crippen LogP contribution in [0.4, 0.5) is 10.8 Å². The van der Waals surface area contributed by atoms with Crippen LogP contribution < -0.4 is 15.0 Å². The van der Waals surface area contributed by atoms with Crippen LogP contribution in [0.3, 0.4) is 0 Å². The number of methoxy groups -OCH3 is 1. The van der Waals surface area contributed by atoms with Gasteiger partial charge in [0.05, 0.1) is 18.7 Å². The van der Waals surface area contributed by atoms with E-state index in [1.807, 2.05) is 23.8 Å². The molecule has 1 N–H and O–H groups in total. The Hall–Kier alpha value is -2.06. The van der Waals surface area contributed by atoms with Crippen LogP contribution >= 0.6 is 23.1 Å². The van der Waals surface area contributed by atoms with E-state index in [9.17, 15) is 9.59 Å². The summed E-state index contributed by atoms with van der Waals surface area (Å²) < 4.78 is 5.13. The van der Waals surface area contributed by atoms with Crippen LogP contribution in [0.15, 0.2) is 29.6 Å². The smallest absolute Gasteiger partial charge is 0.231 e. The lowest BCUT2D eigenvalue weighted by molar-refractivity contribution is -0.122. The summed E-state index contributed by atoms with van der Waals surface area (Å²) in [6, 6.07) is 7.26. The summed E-state index contributed by atoms with van der Waals surface area (Å²) in [5, 5.41) is 5.36. The fraction of sp³-hybridized carbons (Fsp3) is 0.353. The Morgan fingerprint density at radius 3 is 2.88 bits per heavy atom. The molecule has 132 valence electrons. The molecule has 1 saturated heterocycles. The molecule has 1 aliphatic heterocycles. The second-order valence-electron chi connectivity index (χ2n) is 5.67. The van der Waals surface area contributed by atoms with E-state index in [4.69, 9.17) is 4.74 Å². The molecule has 0 radical (unpaired) electrons. The Balaban J connectivity index is 1.63. The Bertz CT molecular complexity index is 761. The molecule has 0 aliphatic carbocycles. The van der Waals surface area contributed by atoms with Gasteiger partial charge in [-0.25, -0.2) is 4.98 Å². The molecular formula is C17H19N3O3S2. The van der Waals surface area contributed by atoms with Crippen LogP contribution in [-0.4, -0.2) is 36.7 Å². The fourth-order valence-corrected chi connectivity index (χ4v) is 3.94. The number of ether oxygens (including phenoxy) is 1. The molecule has 0 bridgehead atoms. The molecule has 3 rings (SSSR count). The molecule has 1 unspecified atom stereocenters. The first-order chi connectivity index (χ1) is 12.1. The van der Waals surface area contributed by atoms with E-state index in [1.54, 1.807) is 35.9 Å². The Morgan fingerprint density at radius 2 is 2.20 bits per heavy atom. The Morgan fingerprint density at radius 1 is 1.44 bits per heavy atom. The lowest BCUT2D eigenvalue weighted by Crippen LogP contribution is -2.28. The molecule has 1 aromatic heterocycles. The molecule has 2 aromatic rings. The number of aromatic nitrogens is 1. The average Bonchev–Trinajstić information content (AvgIpc) is 3.22. The van der Waals surface area contributed by atoms with Gasteiger partial charge in [-0.3, -0.25) is 9.59 Å². The molecule has 1 atom stereocenters. The van der Waals surface area contributed by atoms with Crippen molar-refractivity contribution < 1.29 is 14.3 Å². The van der Waals surface area contributed by atoms with E-state index >= 15 is 0 Å². The molecule has 0 spiro atoms. The van der Waals surface area contributed by atoms with Gasteiger partial charge in [0.15, 0.2) is 5.13 Å². The molecule has 1 aliphatic rings. The molecule has 2 heterocycles. The van der Waals surface area contributed by atoms with Crippen LogP contribution in [0.2, 0.25) is 0 Å². The van der Waals surface area contributed by atoms with Crippen LogP contribution in [0, 0.1) is 5.92 Å². The minimum absolute atomic E-state index is 0.0486. The average molecular weight is 377 g/mol. The van der Waals surface area contributed by atoms with Gasteiger partial charge < -0.3 is 15.0 Å². The lowest BCUT2D eigenvalue weighted by atomic mass is 10.1. The molecule has 25 heavy (non-hydrogen) atoms. The molecule has 0 saturated carbocycles. The molecule has 6 nitrogen and oxygen atoms in total. The van der Waals surface area contributed by atoms with E-state index in [2.05, 4.69) is 10.3 Å². The third kappa shape index (κ3) is 4.13. The first kappa shape index (κ1) is 17.8. The van der Waals surface area contributed by atoms with E-state index in [-0.39, 0.29) is 24.2 Å². The van der Waals surface area contributed by atoms with E-state index in [0.29, 0.717) is 11.7 Å². The second-order valence-corrected chi connectivity index (χ2v) is 7.39. The van der Waals surface area contributed by atoms with Crippen molar-refractivity contribution in [3.63, 3.8) is 0 Å². The van der Waals surface area contributed by atoms with Crippen molar-refractivity contribution in [2.45, 2.75) is 12.2 Å². The highest BCUT2D eigenvalue weighted by atomic mass is 32.2. The topological polar surface area (TPSA) is 71.5 Å². The maximum Gasteiger partial charge on any atom is 0.231 e. The molecule has 1 fully saturated rings. The van der Waals surface area contributed by atoms with Gasteiger partial charge in [0.1, 0.15) is 5.75 Å². The highest BCUT2D eigenvalue weighted by Crippen LogP contribution is 2.28. The molecule has 1 aromatic carbocycles. The fourth-order valence-electron chi connectivity index (χ4n) is 2.68. The standard InChI is InChI=1S/C17H19N3O3S2/c1-23-14-5-3-13(4-6-14)20-8-11(7-15(20)21)16(22)19-17-18-12(9-24-2)10-25-17/h3-6,10-11H,7-9H2,1-2H3,(H,18,19,22). The number of amides is 2. The first-order valence-electron chi connectivity index (χ1n) is 7.79. The van der Waals surface area contributed by atoms with Gasteiger partial charge in [-0.2, -0.15) is 11.8 Å². The van der Waals surface area contributed by atoms with Gasteiger partial charge in [-0.15, -0.1) is 11.3 Å². The molecule has 2 amide bonds. The van der Waals surface area contributed by atoms with Crippen LogP contribution in [-0.2, 0) is 15.3 Å². The highest BCUT2D eigenvalue weighted by Gasteiger charge is 2.35. The van der Waals surface area contributed by atoms with Gasteiger partial charge in [0, 0.05) is 29.8 Å². The third-order valence-corrected chi connectivity index (χ3v) is 5.34. The van der Waals surface area contributed by atoms with Gasteiger partial charge in [-0.1, -0.05) is 0 Å². The van der Waals surface area contributed by atoms with Crippen molar-refractivity contribution >= 4 is 45.7 Å². The van der Waals surface area contributed by atoms with Crippen molar-refractivity contribution in [3.8, 4) is 5.75 Å². The maximum atomic E-state index is 12.5. The molecule has 8 heteroatoms. The number of rotatable bonds is 6. The van der Waals surface area contributed by atoms with Crippen LogP contribution in [0.5, 0.6) is 5.75 Å². The largest absolute Gasteiger partial charge is 0.497 e. The zero-order valence-electron chi connectivity index (χ0n) is 14.0. The van der Waals surface area contributed by atoms with Gasteiger partial charge in [-0.05, 0) is 30.5 Å². The minimum atomic E-state index is -0.373. The van der Waals surface area contributed by atoms with Crippen LogP contribution in [0.1, 0.15) is 12.1 Å². The van der Waals surface area contributed by atoms with Gasteiger partial charge >= 0.3 is 0 Å². The number of anilines is 2. The second kappa shape index (κ2) is 7.88. The van der Waals surface area contributed by atoms with E-state index in [1.165, 1.54) is 11.3 Å². The summed E-state index contributed by atoms with van der Waals surface area (Å²) in [5.74, 6) is 0.971. The lowest BCUT2D eigenvalue weighted by Gasteiger charge is -2.16. The van der Waals surface area contributed by atoms with Crippen molar-refractivity contribution in [1.82, 2.24) is 4.98 Å². The molecular weight excluding hydrogens is 358 g/mol. The number of nitrogens with zero attached hydrogens (tertiary/aromatic N) is 2. The summed E-state index contributed by atoms with van der Waals surface area (Å²) in [5.41, 5.74) is 1.73. The number of hydrogen-bond donors (Lipinski definition) is 1. The number of nitrogens with one attached hydrogen (secondary N) is 1. The predicted molar refractivity (Wildman–Crippen MR) is 101 cm³/mol. The number of thioether (sulfide) groups is 1. The number of carbonyl (C=O) groups is 2. The summed E-state index contributed by atoms with van der Waals surface area (Å²) in [6.45, 7) is 0.375. The SMILES string of the molecule is COc1ccc(N2CC(C(=O)Nc3nc(CSC)cs3)CC2=O)cc1. The summed E-state index contributed by atoms with van der Waals surface area (Å²) in [6.07, 6.45) is 2.22. The summed E-state index contributed by atoms with van der Waals surface area (Å²) in [4.78, 5) is 30.8. The van der Waals surface area contributed by atoms with E-state index in [0.717, 1.165) is 22.9 Å². The summed E-state index contributed by atoms with van der Waals surface area (Å²) in [7, 11) is 1.60. The highest BCUT2D eigenvalue weighted by molar-refractivity contribution is 7.97.